The molecule has 1 aromatic carbocycles. The van der Waals surface area contributed by atoms with Crippen molar-refractivity contribution in [2.24, 2.45) is 5.73 Å². The van der Waals surface area contributed by atoms with Gasteiger partial charge in [0, 0.05) is 23.0 Å². The predicted octanol–water partition coefficient (Wildman–Crippen LogP) is 2.68. The summed E-state index contributed by atoms with van der Waals surface area (Å²) in [4.78, 5) is 0. The molecule has 1 fully saturated rings. The molecule has 2 N–H and O–H groups in total. The number of fused-ring (bicyclic) bond motifs is 1. The minimum atomic E-state index is 0.241. The molecule has 1 aliphatic carbocycles. The van der Waals surface area contributed by atoms with Crippen LogP contribution in [0.4, 0.5) is 0 Å². The largest absolute Gasteiger partial charge is 0.327 e. The fourth-order valence-electron chi connectivity index (χ4n) is 2.39. The van der Waals surface area contributed by atoms with E-state index in [4.69, 9.17) is 5.73 Å². The fourth-order valence-corrected chi connectivity index (χ4v) is 3.26. The molecule has 0 saturated heterocycles. The van der Waals surface area contributed by atoms with E-state index in [1.165, 1.54) is 28.5 Å². The highest BCUT2D eigenvalue weighted by Gasteiger charge is 2.48. The molecule has 78 valence electrons. The van der Waals surface area contributed by atoms with Gasteiger partial charge in [-0.05, 0) is 36.9 Å². The van der Waals surface area contributed by atoms with Gasteiger partial charge in [-0.15, -0.1) is 0 Å². The molecule has 1 unspecified atom stereocenters. The first kappa shape index (κ1) is 9.31. The lowest BCUT2D eigenvalue weighted by Crippen LogP contribution is -2.31. The molecule has 15 heavy (non-hydrogen) atoms. The summed E-state index contributed by atoms with van der Waals surface area (Å²) in [5.74, 6) is 0. The molecule has 1 atom stereocenters. The van der Waals surface area contributed by atoms with E-state index in [2.05, 4.69) is 29.5 Å². The number of nitrogens with two attached hydrogens (primary N) is 1. The highest BCUT2D eigenvalue weighted by molar-refractivity contribution is 7.13. The zero-order valence-corrected chi connectivity index (χ0v) is 9.55. The Hall–Kier alpha value is -0.930. The molecule has 0 bridgehead atoms. The maximum absolute atomic E-state index is 6.11. The maximum Gasteiger partial charge on any atom is 0.0588 e. The molecule has 0 radical (unpaired) electrons. The second kappa shape index (κ2) is 3.03. The van der Waals surface area contributed by atoms with Gasteiger partial charge in [-0.1, -0.05) is 18.2 Å². The molecular weight excluding hydrogens is 204 g/mol. The van der Waals surface area contributed by atoms with Crippen LogP contribution in [0.2, 0.25) is 0 Å². The van der Waals surface area contributed by atoms with E-state index < -0.39 is 0 Å². The van der Waals surface area contributed by atoms with Crippen LogP contribution in [0.5, 0.6) is 0 Å². The molecular formula is C12H14N2S. The zero-order valence-electron chi connectivity index (χ0n) is 8.73. The highest BCUT2D eigenvalue weighted by Crippen LogP contribution is 2.52. The molecule has 0 spiro atoms. The van der Waals surface area contributed by atoms with Gasteiger partial charge in [0.2, 0.25) is 0 Å². The smallest absolute Gasteiger partial charge is 0.0588 e. The minimum Gasteiger partial charge on any atom is -0.327 e. The summed E-state index contributed by atoms with van der Waals surface area (Å²) in [7, 11) is 0. The number of rotatable bonds is 2. The molecule has 0 aliphatic heterocycles. The van der Waals surface area contributed by atoms with Gasteiger partial charge in [-0.3, -0.25) is 0 Å². The van der Waals surface area contributed by atoms with Gasteiger partial charge < -0.3 is 5.73 Å². The van der Waals surface area contributed by atoms with Crippen LogP contribution in [0.25, 0.3) is 10.1 Å². The molecule has 2 nitrogen and oxygen atoms in total. The lowest BCUT2D eigenvalue weighted by molar-refractivity contribution is 0.561. The molecule has 2 aromatic rings. The summed E-state index contributed by atoms with van der Waals surface area (Å²) >= 11 is 1.59. The van der Waals surface area contributed by atoms with Gasteiger partial charge in [-0.25, -0.2) is 0 Å². The summed E-state index contributed by atoms with van der Waals surface area (Å²) in [6.07, 6.45) is 4.39. The van der Waals surface area contributed by atoms with E-state index in [1.807, 2.05) is 6.20 Å². The van der Waals surface area contributed by atoms with Crippen molar-refractivity contribution >= 4 is 21.6 Å². The Kier molecular flexibility index (Phi) is 1.88. The van der Waals surface area contributed by atoms with Crippen molar-refractivity contribution in [3.8, 4) is 0 Å². The van der Waals surface area contributed by atoms with Crippen molar-refractivity contribution in [1.29, 1.82) is 0 Å². The number of nitrogens with zero attached hydrogens (tertiary/aromatic N) is 1. The van der Waals surface area contributed by atoms with Crippen LogP contribution in [0.1, 0.15) is 25.3 Å². The van der Waals surface area contributed by atoms with Gasteiger partial charge in [0.05, 0.1) is 4.70 Å². The normalized spacial score (nSPS) is 20.4. The van der Waals surface area contributed by atoms with E-state index in [0.717, 1.165) is 0 Å². The second-order valence-electron chi connectivity index (χ2n) is 4.49. The second-order valence-corrected chi connectivity index (χ2v) is 5.30. The fraction of sp³-hybridized carbons (Fsp3) is 0.417. The Labute approximate surface area is 93.3 Å². The topological polar surface area (TPSA) is 38.9 Å². The molecule has 0 amide bonds. The van der Waals surface area contributed by atoms with Crippen LogP contribution in [-0.4, -0.2) is 10.4 Å². The SMILES string of the molecule is CC(N)C1(c2cccc3cnsc23)CC1. The third-order valence-electron chi connectivity index (χ3n) is 3.58. The van der Waals surface area contributed by atoms with Crippen LogP contribution in [-0.2, 0) is 5.41 Å². The lowest BCUT2D eigenvalue weighted by Gasteiger charge is -2.20. The number of hydrogen-bond acceptors (Lipinski definition) is 3. The van der Waals surface area contributed by atoms with Crippen LogP contribution in [0, 0.1) is 0 Å². The Bertz CT molecular complexity index is 497. The Balaban J connectivity index is 2.23. The van der Waals surface area contributed by atoms with Crippen LogP contribution >= 0.6 is 11.5 Å². The number of aromatic nitrogens is 1. The highest BCUT2D eigenvalue weighted by atomic mass is 32.1. The molecule has 1 saturated carbocycles. The molecule has 3 rings (SSSR count). The Morgan fingerprint density at radius 1 is 1.47 bits per heavy atom. The van der Waals surface area contributed by atoms with E-state index >= 15 is 0 Å². The summed E-state index contributed by atoms with van der Waals surface area (Å²) < 4.78 is 5.59. The summed E-state index contributed by atoms with van der Waals surface area (Å²) in [5, 5.41) is 1.25. The van der Waals surface area contributed by atoms with E-state index in [9.17, 15) is 0 Å². The summed E-state index contributed by atoms with van der Waals surface area (Å²) in [6.45, 7) is 2.12. The maximum atomic E-state index is 6.11. The number of hydrogen-bond donors (Lipinski definition) is 1. The Morgan fingerprint density at radius 3 is 2.93 bits per heavy atom. The molecule has 3 heteroatoms. The van der Waals surface area contributed by atoms with Crippen molar-refractivity contribution in [2.75, 3.05) is 0 Å². The predicted molar refractivity (Wildman–Crippen MR) is 64.2 cm³/mol. The van der Waals surface area contributed by atoms with Crippen molar-refractivity contribution < 1.29 is 0 Å². The molecule has 1 aromatic heterocycles. The van der Waals surface area contributed by atoms with Crippen LogP contribution in [0.15, 0.2) is 24.4 Å². The van der Waals surface area contributed by atoms with Gasteiger partial charge in [0.25, 0.3) is 0 Å². The van der Waals surface area contributed by atoms with E-state index in [-0.39, 0.29) is 11.5 Å². The standard InChI is InChI=1S/C12H14N2S/c1-8(13)12(5-6-12)10-4-2-3-9-7-14-15-11(9)10/h2-4,7-8H,5-6,13H2,1H3. The van der Waals surface area contributed by atoms with E-state index in [0.29, 0.717) is 0 Å². The average molecular weight is 218 g/mol. The van der Waals surface area contributed by atoms with Crippen LogP contribution < -0.4 is 5.73 Å². The van der Waals surface area contributed by atoms with E-state index in [1.54, 1.807) is 11.5 Å². The van der Waals surface area contributed by atoms with Gasteiger partial charge in [0.1, 0.15) is 0 Å². The first-order valence-electron chi connectivity index (χ1n) is 5.33. The lowest BCUT2D eigenvalue weighted by atomic mass is 9.89. The minimum absolute atomic E-state index is 0.241. The van der Waals surface area contributed by atoms with Crippen molar-refractivity contribution in [3.63, 3.8) is 0 Å². The first-order chi connectivity index (χ1) is 7.24. The van der Waals surface area contributed by atoms with Crippen molar-refractivity contribution in [1.82, 2.24) is 4.37 Å². The molecule has 1 heterocycles. The Morgan fingerprint density at radius 2 is 2.27 bits per heavy atom. The average Bonchev–Trinajstić information content (AvgIpc) is 2.89. The summed E-state index contributed by atoms with van der Waals surface area (Å²) in [6, 6.07) is 6.70. The third kappa shape index (κ3) is 1.23. The summed E-state index contributed by atoms with van der Waals surface area (Å²) in [5.41, 5.74) is 7.77. The quantitative estimate of drug-likeness (QED) is 0.841. The van der Waals surface area contributed by atoms with Gasteiger partial charge >= 0.3 is 0 Å². The van der Waals surface area contributed by atoms with Crippen molar-refractivity contribution in [2.45, 2.75) is 31.2 Å². The van der Waals surface area contributed by atoms with Gasteiger partial charge in [0.15, 0.2) is 0 Å². The first-order valence-corrected chi connectivity index (χ1v) is 6.11. The monoisotopic (exact) mass is 218 g/mol. The van der Waals surface area contributed by atoms with Gasteiger partial charge in [-0.2, -0.15) is 4.37 Å². The molecule has 1 aliphatic rings. The zero-order chi connectivity index (χ0) is 10.5. The third-order valence-corrected chi connectivity index (χ3v) is 4.43. The van der Waals surface area contributed by atoms with Crippen LogP contribution in [0.3, 0.4) is 0 Å². The van der Waals surface area contributed by atoms with Crippen molar-refractivity contribution in [3.05, 3.63) is 30.0 Å². The number of benzene rings is 1.